The lowest BCUT2D eigenvalue weighted by Gasteiger charge is -2.22. The quantitative estimate of drug-likeness (QED) is 0.854. The predicted octanol–water partition coefficient (Wildman–Crippen LogP) is 0.558. The molecule has 1 saturated heterocycles. The van der Waals surface area contributed by atoms with Gasteiger partial charge in [-0.15, -0.1) is 5.10 Å². The Morgan fingerprint density at radius 3 is 2.82 bits per heavy atom. The molecule has 1 aromatic heterocycles. The van der Waals surface area contributed by atoms with E-state index < -0.39 is 9.84 Å². The van der Waals surface area contributed by atoms with Crippen molar-refractivity contribution in [2.75, 3.05) is 18.8 Å². The van der Waals surface area contributed by atoms with Gasteiger partial charge in [-0.3, -0.25) is 0 Å². The van der Waals surface area contributed by atoms with Crippen molar-refractivity contribution in [3.8, 4) is 0 Å². The lowest BCUT2D eigenvalue weighted by Crippen LogP contribution is -2.34. The van der Waals surface area contributed by atoms with E-state index in [-0.39, 0.29) is 16.7 Å². The molecule has 0 saturated carbocycles. The lowest BCUT2D eigenvalue weighted by molar-refractivity contribution is 0.403. The molecular weight excluding hydrogens is 238 g/mol. The summed E-state index contributed by atoms with van der Waals surface area (Å²) in [5, 5.41) is 10.9. The highest BCUT2D eigenvalue weighted by atomic mass is 32.2. The summed E-state index contributed by atoms with van der Waals surface area (Å²) in [4.78, 5) is 0. The van der Waals surface area contributed by atoms with Gasteiger partial charge in [-0.1, -0.05) is 0 Å². The molecule has 5 nitrogen and oxygen atoms in total. The van der Waals surface area contributed by atoms with Crippen molar-refractivity contribution in [3.63, 3.8) is 0 Å². The van der Waals surface area contributed by atoms with Crippen molar-refractivity contribution in [1.29, 1.82) is 0 Å². The van der Waals surface area contributed by atoms with Crippen molar-refractivity contribution >= 4 is 9.84 Å². The molecule has 0 aromatic carbocycles. The highest BCUT2D eigenvalue weighted by Crippen LogP contribution is 2.16. The minimum absolute atomic E-state index is 0.0914. The van der Waals surface area contributed by atoms with Crippen LogP contribution in [0.3, 0.4) is 0 Å². The van der Waals surface area contributed by atoms with Crippen molar-refractivity contribution in [2.45, 2.75) is 24.8 Å². The molecule has 1 aliphatic rings. The number of aromatic nitrogens is 2. The molecule has 0 amide bonds. The molecule has 1 N–H and O–H groups in total. The average molecular weight is 255 g/mol. The van der Waals surface area contributed by atoms with Gasteiger partial charge in [0, 0.05) is 0 Å². The maximum atomic E-state index is 12.1. The Morgan fingerprint density at radius 1 is 1.41 bits per heavy atom. The first-order chi connectivity index (χ1) is 8.08. The zero-order valence-corrected chi connectivity index (χ0v) is 10.7. The van der Waals surface area contributed by atoms with E-state index in [1.807, 2.05) is 0 Å². The van der Waals surface area contributed by atoms with Gasteiger partial charge in [0.05, 0.1) is 11.4 Å². The second-order valence-electron chi connectivity index (χ2n) is 4.51. The van der Waals surface area contributed by atoms with Gasteiger partial charge in [-0.25, -0.2) is 8.42 Å². The van der Waals surface area contributed by atoms with Crippen LogP contribution >= 0.6 is 0 Å². The molecule has 0 bridgehead atoms. The van der Waals surface area contributed by atoms with Crippen molar-refractivity contribution in [3.05, 3.63) is 17.8 Å². The number of nitrogens with zero attached hydrogens (tertiary/aromatic N) is 2. The SMILES string of the molecule is Cc1ccc(S(=O)(=O)C[C@@H]2CCCNC2)nn1. The molecule has 6 heteroatoms. The Labute approximate surface area is 102 Å². The van der Waals surface area contributed by atoms with E-state index in [1.54, 1.807) is 13.0 Å². The van der Waals surface area contributed by atoms with E-state index in [2.05, 4.69) is 15.5 Å². The Bertz CT molecular complexity index is 464. The molecule has 2 heterocycles. The van der Waals surface area contributed by atoms with Crippen LogP contribution in [-0.4, -0.2) is 37.5 Å². The topological polar surface area (TPSA) is 72.0 Å². The molecule has 1 aliphatic heterocycles. The van der Waals surface area contributed by atoms with Gasteiger partial charge >= 0.3 is 0 Å². The van der Waals surface area contributed by atoms with Gasteiger partial charge in [0.15, 0.2) is 14.9 Å². The molecule has 0 spiro atoms. The van der Waals surface area contributed by atoms with Gasteiger partial charge in [0.25, 0.3) is 0 Å². The van der Waals surface area contributed by atoms with Crippen LogP contribution in [0.1, 0.15) is 18.5 Å². The third kappa shape index (κ3) is 3.23. The largest absolute Gasteiger partial charge is 0.316 e. The number of sulfone groups is 1. The molecule has 1 atom stereocenters. The third-order valence-electron chi connectivity index (χ3n) is 2.95. The lowest BCUT2D eigenvalue weighted by atomic mass is 10.0. The number of hydrogen-bond donors (Lipinski definition) is 1. The van der Waals surface area contributed by atoms with Crippen LogP contribution < -0.4 is 5.32 Å². The monoisotopic (exact) mass is 255 g/mol. The minimum atomic E-state index is -3.29. The Hall–Kier alpha value is -1.01. The molecule has 1 aromatic rings. The number of piperidine rings is 1. The second-order valence-corrected chi connectivity index (χ2v) is 6.49. The van der Waals surface area contributed by atoms with Gasteiger partial charge in [0.1, 0.15) is 0 Å². The molecule has 1 fully saturated rings. The molecular formula is C11H17N3O2S. The summed E-state index contributed by atoms with van der Waals surface area (Å²) in [6, 6.07) is 3.22. The zero-order chi connectivity index (χ0) is 12.3. The van der Waals surface area contributed by atoms with Crippen LogP contribution in [0, 0.1) is 12.8 Å². The summed E-state index contributed by atoms with van der Waals surface area (Å²) in [5.41, 5.74) is 0.725. The van der Waals surface area contributed by atoms with E-state index in [4.69, 9.17) is 0 Å². The van der Waals surface area contributed by atoms with E-state index in [9.17, 15) is 8.42 Å². The summed E-state index contributed by atoms with van der Waals surface area (Å²) in [7, 11) is -3.29. The molecule has 0 radical (unpaired) electrons. The standard InChI is InChI=1S/C11H17N3O2S/c1-9-4-5-11(14-13-9)17(15,16)8-10-3-2-6-12-7-10/h4-5,10,12H,2-3,6-8H2,1H3/t10-/m1/s1. The Morgan fingerprint density at radius 2 is 2.24 bits per heavy atom. The normalized spacial score (nSPS) is 21.4. The van der Waals surface area contributed by atoms with Crippen LogP contribution in [0.2, 0.25) is 0 Å². The fraction of sp³-hybridized carbons (Fsp3) is 0.636. The highest BCUT2D eigenvalue weighted by Gasteiger charge is 2.24. The van der Waals surface area contributed by atoms with Crippen molar-refractivity contribution in [1.82, 2.24) is 15.5 Å². The Balaban J connectivity index is 2.10. The van der Waals surface area contributed by atoms with Crippen LogP contribution in [0.15, 0.2) is 17.2 Å². The number of rotatable bonds is 3. The fourth-order valence-electron chi connectivity index (χ4n) is 2.01. The summed E-state index contributed by atoms with van der Waals surface area (Å²) >= 11 is 0. The third-order valence-corrected chi connectivity index (χ3v) is 4.71. The Kier molecular flexibility index (Phi) is 3.73. The van der Waals surface area contributed by atoms with Gasteiger partial charge in [0.2, 0.25) is 0 Å². The average Bonchev–Trinajstić information content (AvgIpc) is 2.30. The minimum Gasteiger partial charge on any atom is -0.316 e. The first kappa shape index (κ1) is 12.4. The fourth-order valence-corrected chi connectivity index (χ4v) is 3.53. The van der Waals surface area contributed by atoms with Crippen molar-refractivity contribution in [2.24, 2.45) is 5.92 Å². The van der Waals surface area contributed by atoms with E-state index in [0.29, 0.717) is 0 Å². The van der Waals surface area contributed by atoms with Crippen LogP contribution in [0.25, 0.3) is 0 Å². The molecule has 2 rings (SSSR count). The van der Waals surface area contributed by atoms with E-state index >= 15 is 0 Å². The summed E-state index contributed by atoms with van der Waals surface area (Å²) in [5.74, 6) is 0.356. The summed E-state index contributed by atoms with van der Waals surface area (Å²) in [6.07, 6.45) is 2.01. The van der Waals surface area contributed by atoms with Crippen molar-refractivity contribution < 1.29 is 8.42 Å². The summed E-state index contributed by atoms with van der Waals surface area (Å²) in [6.45, 7) is 3.55. The van der Waals surface area contributed by atoms with E-state index in [0.717, 1.165) is 31.6 Å². The van der Waals surface area contributed by atoms with Crippen LogP contribution in [0.4, 0.5) is 0 Å². The van der Waals surface area contributed by atoms with Crippen LogP contribution in [0.5, 0.6) is 0 Å². The first-order valence-corrected chi connectivity index (χ1v) is 7.47. The molecule has 17 heavy (non-hydrogen) atoms. The smallest absolute Gasteiger partial charge is 0.197 e. The highest BCUT2D eigenvalue weighted by molar-refractivity contribution is 7.91. The number of hydrogen-bond acceptors (Lipinski definition) is 5. The maximum absolute atomic E-state index is 12.1. The maximum Gasteiger partial charge on any atom is 0.197 e. The summed E-state index contributed by atoms with van der Waals surface area (Å²) < 4.78 is 24.2. The predicted molar refractivity (Wildman–Crippen MR) is 64.4 cm³/mol. The molecule has 0 aliphatic carbocycles. The molecule has 94 valence electrons. The van der Waals surface area contributed by atoms with Gasteiger partial charge in [-0.2, -0.15) is 5.10 Å². The number of nitrogens with one attached hydrogen (secondary N) is 1. The van der Waals surface area contributed by atoms with Gasteiger partial charge in [-0.05, 0) is 50.9 Å². The zero-order valence-electron chi connectivity index (χ0n) is 9.89. The second kappa shape index (κ2) is 5.10. The van der Waals surface area contributed by atoms with E-state index in [1.165, 1.54) is 6.07 Å². The number of aryl methyl sites for hydroxylation is 1. The van der Waals surface area contributed by atoms with Gasteiger partial charge < -0.3 is 5.32 Å². The van der Waals surface area contributed by atoms with Crippen LogP contribution in [-0.2, 0) is 9.84 Å². The first-order valence-electron chi connectivity index (χ1n) is 5.82. The molecule has 0 unspecified atom stereocenters.